The van der Waals surface area contributed by atoms with Crippen LogP contribution in [0.15, 0.2) is 78.5 Å². The second kappa shape index (κ2) is 9.58. The van der Waals surface area contributed by atoms with Crippen molar-refractivity contribution in [3.8, 4) is 5.75 Å². The van der Waals surface area contributed by atoms with Crippen molar-refractivity contribution in [1.29, 1.82) is 0 Å². The van der Waals surface area contributed by atoms with Crippen LogP contribution in [0.3, 0.4) is 0 Å². The number of para-hydroxylation sites is 1. The standard InChI is InChI=1S/C26H22FN3O4/c1-16(31)28-18-11-13-19(14-12-18)29-24-23(20-8-4-6-10-22(20)34-2)25(32)30(26(24)33)15-17-7-3-5-9-21(17)27/h3-14,29H,15H2,1-2H3,(H,28,31). The first-order valence-electron chi connectivity index (χ1n) is 10.5. The first-order valence-corrected chi connectivity index (χ1v) is 10.5. The Morgan fingerprint density at radius 2 is 1.56 bits per heavy atom. The minimum Gasteiger partial charge on any atom is -0.496 e. The Kier molecular flexibility index (Phi) is 6.40. The van der Waals surface area contributed by atoms with E-state index in [0.29, 0.717) is 22.7 Å². The minimum atomic E-state index is -0.583. The van der Waals surface area contributed by atoms with Crippen molar-refractivity contribution < 1.29 is 23.5 Å². The number of anilines is 2. The van der Waals surface area contributed by atoms with E-state index in [1.165, 1.54) is 26.2 Å². The van der Waals surface area contributed by atoms with E-state index in [2.05, 4.69) is 10.6 Å². The maximum absolute atomic E-state index is 14.3. The number of nitrogens with one attached hydrogen (secondary N) is 2. The first-order chi connectivity index (χ1) is 16.4. The van der Waals surface area contributed by atoms with E-state index in [4.69, 9.17) is 4.74 Å². The molecule has 0 saturated carbocycles. The Balaban J connectivity index is 1.74. The summed E-state index contributed by atoms with van der Waals surface area (Å²) in [6, 6.07) is 19.6. The number of carbonyl (C=O) groups is 3. The maximum atomic E-state index is 14.3. The zero-order chi connectivity index (χ0) is 24.2. The highest BCUT2D eigenvalue weighted by molar-refractivity contribution is 6.37. The molecule has 1 aliphatic rings. The molecule has 3 aromatic rings. The van der Waals surface area contributed by atoms with Gasteiger partial charge >= 0.3 is 0 Å². The average molecular weight is 459 g/mol. The van der Waals surface area contributed by atoms with E-state index in [9.17, 15) is 18.8 Å². The van der Waals surface area contributed by atoms with Gasteiger partial charge in [-0.05, 0) is 36.4 Å². The summed E-state index contributed by atoms with van der Waals surface area (Å²) in [7, 11) is 1.48. The van der Waals surface area contributed by atoms with E-state index in [1.54, 1.807) is 60.7 Å². The van der Waals surface area contributed by atoms with Crippen molar-refractivity contribution in [2.45, 2.75) is 13.5 Å². The van der Waals surface area contributed by atoms with Gasteiger partial charge in [0.05, 0.1) is 19.2 Å². The summed E-state index contributed by atoms with van der Waals surface area (Å²) in [5.74, 6) is -1.43. The van der Waals surface area contributed by atoms with Gasteiger partial charge in [-0.3, -0.25) is 19.3 Å². The van der Waals surface area contributed by atoms with Crippen LogP contribution < -0.4 is 15.4 Å². The number of halogens is 1. The van der Waals surface area contributed by atoms with Crippen molar-refractivity contribution in [3.05, 3.63) is 95.4 Å². The van der Waals surface area contributed by atoms with Gasteiger partial charge in [0.15, 0.2) is 0 Å². The molecular formula is C26H22FN3O4. The molecule has 8 heteroatoms. The maximum Gasteiger partial charge on any atom is 0.278 e. The largest absolute Gasteiger partial charge is 0.496 e. The van der Waals surface area contributed by atoms with Crippen LogP contribution in [0.1, 0.15) is 18.1 Å². The molecule has 172 valence electrons. The Hall–Kier alpha value is -4.46. The molecule has 1 aliphatic heterocycles. The number of amides is 3. The zero-order valence-electron chi connectivity index (χ0n) is 18.6. The highest BCUT2D eigenvalue weighted by atomic mass is 19.1. The molecule has 0 bridgehead atoms. The smallest absolute Gasteiger partial charge is 0.278 e. The summed E-state index contributed by atoms with van der Waals surface area (Å²) in [4.78, 5) is 39.1. The molecule has 0 saturated heterocycles. The molecule has 0 aromatic heterocycles. The Morgan fingerprint density at radius 3 is 2.24 bits per heavy atom. The van der Waals surface area contributed by atoms with Crippen LogP contribution in [0.25, 0.3) is 5.57 Å². The molecule has 0 spiro atoms. The lowest BCUT2D eigenvalue weighted by Gasteiger charge is -2.16. The molecule has 1 heterocycles. The highest BCUT2D eigenvalue weighted by Gasteiger charge is 2.40. The lowest BCUT2D eigenvalue weighted by Crippen LogP contribution is -2.32. The van der Waals surface area contributed by atoms with Gasteiger partial charge in [-0.1, -0.05) is 36.4 Å². The number of hydrogen-bond acceptors (Lipinski definition) is 5. The fourth-order valence-electron chi connectivity index (χ4n) is 3.72. The van der Waals surface area contributed by atoms with Crippen LogP contribution in [0.4, 0.5) is 15.8 Å². The predicted molar refractivity (Wildman–Crippen MR) is 126 cm³/mol. The van der Waals surface area contributed by atoms with Gasteiger partial charge in [0.2, 0.25) is 5.91 Å². The number of carbonyl (C=O) groups excluding carboxylic acids is 3. The van der Waals surface area contributed by atoms with Crippen molar-refractivity contribution in [2.24, 2.45) is 0 Å². The molecular weight excluding hydrogens is 437 g/mol. The van der Waals surface area contributed by atoms with Crippen molar-refractivity contribution in [2.75, 3.05) is 17.7 Å². The number of rotatable bonds is 7. The first kappa shape index (κ1) is 22.7. The second-order valence-corrected chi connectivity index (χ2v) is 7.62. The van der Waals surface area contributed by atoms with Crippen LogP contribution in [-0.4, -0.2) is 29.7 Å². The second-order valence-electron chi connectivity index (χ2n) is 7.62. The number of imide groups is 1. The number of ether oxygens (including phenoxy) is 1. The van der Waals surface area contributed by atoms with E-state index in [1.807, 2.05) is 0 Å². The van der Waals surface area contributed by atoms with Gasteiger partial charge in [-0.25, -0.2) is 4.39 Å². The Labute approximate surface area is 195 Å². The molecule has 3 amide bonds. The fourth-order valence-corrected chi connectivity index (χ4v) is 3.72. The van der Waals surface area contributed by atoms with Gasteiger partial charge in [0.25, 0.3) is 11.8 Å². The Bertz CT molecular complexity index is 1300. The summed E-state index contributed by atoms with van der Waals surface area (Å²) < 4.78 is 19.7. The third-order valence-corrected chi connectivity index (χ3v) is 5.31. The van der Waals surface area contributed by atoms with Crippen molar-refractivity contribution in [1.82, 2.24) is 4.90 Å². The van der Waals surface area contributed by atoms with E-state index in [-0.39, 0.29) is 29.3 Å². The average Bonchev–Trinajstić information content (AvgIpc) is 3.05. The summed E-state index contributed by atoms with van der Waals surface area (Å²) in [5.41, 5.74) is 1.97. The number of benzene rings is 3. The van der Waals surface area contributed by atoms with Gasteiger partial charge in [0, 0.05) is 29.4 Å². The number of hydrogen-bond donors (Lipinski definition) is 2. The number of nitrogens with zero attached hydrogens (tertiary/aromatic N) is 1. The topological polar surface area (TPSA) is 87.7 Å². The van der Waals surface area contributed by atoms with Crippen LogP contribution in [0, 0.1) is 5.82 Å². The molecule has 34 heavy (non-hydrogen) atoms. The molecule has 0 unspecified atom stereocenters. The molecule has 4 rings (SSSR count). The molecule has 0 aliphatic carbocycles. The van der Waals surface area contributed by atoms with E-state index < -0.39 is 17.6 Å². The lowest BCUT2D eigenvalue weighted by atomic mass is 10.0. The quantitative estimate of drug-likeness (QED) is 0.518. The summed E-state index contributed by atoms with van der Waals surface area (Å²) in [6.45, 7) is 1.19. The fraction of sp³-hybridized carbons (Fsp3) is 0.115. The molecule has 2 N–H and O–H groups in total. The summed E-state index contributed by atoms with van der Waals surface area (Å²) >= 11 is 0. The Morgan fingerprint density at radius 1 is 0.912 bits per heavy atom. The normalized spacial score (nSPS) is 13.3. The third kappa shape index (κ3) is 4.52. The van der Waals surface area contributed by atoms with Gasteiger partial charge in [-0.15, -0.1) is 0 Å². The van der Waals surface area contributed by atoms with Gasteiger partial charge in [0.1, 0.15) is 17.3 Å². The predicted octanol–water partition coefficient (Wildman–Crippen LogP) is 4.18. The SMILES string of the molecule is COc1ccccc1C1=C(Nc2ccc(NC(C)=O)cc2)C(=O)N(Cc2ccccc2F)C1=O. The molecule has 7 nitrogen and oxygen atoms in total. The monoisotopic (exact) mass is 459 g/mol. The third-order valence-electron chi connectivity index (χ3n) is 5.31. The van der Waals surface area contributed by atoms with Gasteiger partial charge < -0.3 is 15.4 Å². The zero-order valence-corrected chi connectivity index (χ0v) is 18.6. The van der Waals surface area contributed by atoms with Crippen LogP contribution in [-0.2, 0) is 20.9 Å². The van der Waals surface area contributed by atoms with Crippen LogP contribution >= 0.6 is 0 Å². The van der Waals surface area contributed by atoms with Crippen LogP contribution in [0.5, 0.6) is 5.75 Å². The van der Waals surface area contributed by atoms with Crippen molar-refractivity contribution >= 4 is 34.7 Å². The van der Waals surface area contributed by atoms with Crippen molar-refractivity contribution in [3.63, 3.8) is 0 Å². The lowest BCUT2D eigenvalue weighted by molar-refractivity contribution is -0.137. The van der Waals surface area contributed by atoms with E-state index in [0.717, 1.165) is 4.90 Å². The van der Waals surface area contributed by atoms with Crippen LogP contribution in [0.2, 0.25) is 0 Å². The molecule has 0 fully saturated rings. The van der Waals surface area contributed by atoms with Gasteiger partial charge in [-0.2, -0.15) is 0 Å². The highest BCUT2D eigenvalue weighted by Crippen LogP contribution is 2.36. The minimum absolute atomic E-state index is 0.0538. The summed E-state index contributed by atoms with van der Waals surface area (Å²) in [6.07, 6.45) is 0. The molecule has 3 aromatic carbocycles. The molecule has 0 atom stereocenters. The molecule has 0 radical (unpaired) electrons. The number of methoxy groups -OCH3 is 1. The van der Waals surface area contributed by atoms with E-state index >= 15 is 0 Å². The summed E-state index contributed by atoms with van der Waals surface area (Å²) in [5, 5.41) is 5.71.